The number of anilines is 1. The van der Waals surface area contributed by atoms with Crippen molar-refractivity contribution in [3.05, 3.63) is 89.1 Å². The molecule has 4 heterocycles. The third kappa shape index (κ3) is 4.63. The topological polar surface area (TPSA) is 84.2 Å². The van der Waals surface area contributed by atoms with Gasteiger partial charge < -0.3 is 9.80 Å². The number of piperazine rings is 1. The van der Waals surface area contributed by atoms with Gasteiger partial charge in [-0.05, 0) is 42.0 Å². The molecule has 1 aliphatic rings. The SMILES string of the molecule is CC(=O)N1CCN(c2ncc(-c3ccc4ncc5ccc(=O)n(-c6cccc(C(F)(F)F)c6)c5c4c3)cn2)CC1. The Kier molecular flexibility index (Phi) is 6.21. The van der Waals surface area contributed by atoms with Gasteiger partial charge in [-0.1, -0.05) is 12.1 Å². The molecule has 8 nitrogen and oxygen atoms in total. The number of hydrogen-bond donors (Lipinski definition) is 0. The van der Waals surface area contributed by atoms with Gasteiger partial charge in [0.05, 0.1) is 16.6 Å². The highest BCUT2D eigenvalue weighted by Gasteiger charge is 2.30. The third-order valence-electron chi connectivity index (χ3n) is 7.13. The lowest BCUT2D eigenvalue weighted by Crippen LogP contribution is -2.48. The average Bonchev–Trinajstić information content (AvgIpc) is 2.96. The van der Waals surface area contributed by atoms with Crippen LogP contribution in [0.2, 0.25) is 0 Å². The fourth-order valence-electron chi connectivity index (χ4n) is 5.02. The number of fused-ring (bicyclic) bond motifs is 3. The van der Waals surface area contributed by atoms with E-state index < -0.39 is 17.3 Å². The number of carbonyl (C=O) groups excluding carboxylic acids is 1. The molecule has 2 aromatic carbocycles. The second-order valence-electron chi connectivity index (χ2n) is 9.61. The van der Waals surface area contributed by atoms with Crippen LogP contribution in [0.1, 0.15) is 12.5 Å². The molecule has 0 bridgehead atoms. The van der Waals surface area contributed by atoms with E-state index in [4.69, 9.17) is 0 Å². The van der Waals surface area contributed by atoms with Crippen molar-refractivity contribution in [2.45, 2.75) is 13.1 Å². The molecule has 202 valence electrons. The van der Waals surface area contributed by atoms with E-state index in [-0.39, 0.29) is 11.6 Å². The van der Waals surface area contributed by atoms with Crippen molar-refractivity contribution in [2.75, 3.05) is 31.1 Å². The van der Waals surface area contributed by atoms with Gasteiger partial charge in [0, 0.05) is 79.8 Å². The summed E-state index contributed by atoms with van der Waals surface area (Å²) in [7, 11) is 0. The number of amides is 1. The Morgan fingerprint density at radius 3 is 2.30 bits per heavy atom. The van der Waals surface area contributed by atoms with Crippen LogP contribution in [-0.2, 0) is 11.0 Å². The zero-order chi connectivity index (χ0) is 28.0. The molecule has 5 aromatic rings. The van der Waals surface area contributed by atoms with Crippen LogP contribution in [0.4, 0.5) is 19.1 Å². The quantitative estimate of drug-likeness (QED) is 0.307. The molecule has 0 atom stereocenters. The summed E-state index contributed by atoms with van der Waals surface area (Å²) in [4.78, 5) is 42.0. The molecule has 0 N–H and O–H groups in total. The molecule has 1 amide bonds. The highest BCUT2D eigenvalue weighted by atomic mass is 19.4. The van der Waals surface area contributed by atoms with Crippen LogP contribution in [0.25, 0.3) is 38.6 Å². The molecular weight excluding hydrogens is 521 g/mol. The van der Waals surface area contributed by atoms with E-state index >= 15 is 0 Å². The Labute approximate surface area is 226 Å². The summed E-state index contributed by atoms with van der Waals surface area (Å²) in [6.07, 6.45) is 0.470. The van der Waals surface area contributed by atoms with Crippen LogP contribution < -0.4 is 10.5 Å². The Hall–Kier alpha value is -4.80. The summed E-state index contributed by atoms with van der Waals surface area (Å²) < 4.78 is 41.7. The van der Waals surface area contributed by atoms with Gasteiger partial charge >= 0.3 is 6.18 Å². The molecule has 3 aromatic heterocycles. The van der Waals surface area contributed by atoms with Crippen molar-refractivity contribution in [1.82, 2.24) is 24.4 Å². The minimum Gasteiger partial charge on any atom is -0.339 e. The normalized spacial score (nSPS) is 14.2. The molecule has 0 unspecified atom stereocenters. The van der Waals surface area contributed by atoms with Crippen molar-refractivity contribution in [2.24, 2.45) is 0 Å². The van der Waals surface area contributed by atoms with Crippen molar-refractivity contribution in [3.63, 3.8) is 0 Å². The molecule has 40 heavy (non-hydrogen) atoms. The maximum atomic E-state index is 13.5. The summed E-state index contributed by atoms with van der Waals surface area (Å²) in [5.41, 5.74) is 1.36. The first-order valence-corrected chi connectivity index (χ1v) is 12.6. The van der Waals surface area contributed by atoms with Crippen LogP contribution in [0.15, 0.2) is 78.0 Å². The lowest BCUT2D eigenvalue weighted by atomic mass is 10.0. The molecule has 6 rings (SSSR count). The predicted octanol–water partition coefficient (Wildman–Crippen LogP) is 4.68. The van der Waals surface area contributed by atoms with Gasteiger partial charge in [0.1, 0.15) is 0 Å². The van der Waals surface area contributed by atoms with E-state index in [1.165, 1.54) is 22.8 Å². The Balaban J connectivity index is 1.42. The molecule has 0 spiro atoms. The average molecular weight is 545 g/mol. The maximum Gasteiger partial charge on any atom is 0.416 e. The number of benzene rings is 2. The molecule has 1 saturated heterocycles. The van der Waals surface area contributed by atoms with Gasteiger partial charge in [-0.2, -0.15) is 13.2 Å². The Morgan fingerprint density at radius 2 is 1.60 bits per heavy atom. The highest BCUT2D eigenvalue weighted by molar-refractivity contribution is 6.05. The van der Waals surface area contributed by atoms with Crippen molar-refractivity contribution in [1.29, 1.82) is 0 Å². The molecule has 0 saturated carbocycles. The van der Waals surface area contributed by atoms with Crippen LogP contribution in [-0.4, -0.2) is 56.5 Å². The van der Waals surface area contributed by atoms with Gasteiger partial charge in [0.15, 0.2) is 0 Å². The van der Waals surface area contributed by atoms with E-state index in [1.807, 2.05) is 17.0 Å². The smallest absolute Gasteiger partial charge is 0.339 e. The van der Waals surface area contributed by atoms with Crippen molar-refractivity contribution in [3.8, 4) is 16.8 Å². The number of rotatable bonds is 3. The number of pyridine rings is 2. The first-order chi connectivity index (χ1) is 19.2. The van der Waals surface area contributed by atoms with E-state index in [0.717, 1.165) is 23.3 Å². The molecule has 11 heteroatoms. The van der Waals surface area contributed by atoms with Crippen LogP contribution >= 0.6 is 0 Å². The van der Waals surface area contributed by atoms with Gasteiger partial charge in [-0.25, -0.2) is 9.97 Å². The van der Waals surface area contributed by atoms with E-state index in [2.05, 4.69) is 15.0 Å². The number of carbonyl (C=O) groups is 1. The van der Waals surface area contributed by atoms with Gasteiger partial charge in [-0.15, -0.1) is 0 Å². The fraction of sp³-hybridized carbons (Fsp3) is 0.207. The van der Waals surface area contributed by atoms with Gasteiger partial charge in [0.2, 0.25) is 11.9 Å². The lowest BCUT2D eigenvalue weighted by molar-refractivity contribution is -0.137. The van der Waals surface area contributed by atoms with Gasteiger partial charge in [0.25, 0.3) is 5.56 Å². The summed E-state index contributed by atoms with van der Waals surface area (Å²) in [5, 5.41) is 1.22. The highest BCUT2D eigenvalue weighted by Crippen LogP contribution is 2.32. The third-order valence-corrected chi connectivity index (χ3v) is 7.13. The molecular formula is C29H23F3N6O2. The molecule has 1 aliphatic heterocycles. The van der Waals surface area contributed by atoms with E-state index in [9.17, 15) is 22.8 Å². The second kappa shape index (κ2) is 9.74. The molecule has 1 fully saturated rings. The lowest BCUT2D eigenvalue weighted by Gasteiger charge is -2.34. The second-order valence-corrected chi connectivity index (χ2v) is 9.61. The Bertz CT molecular complexity index is 1810. The van der Waals surface area contributed by atoms with Crippen molar-refractivity contribution >= 4 is 33.7 Å². The van der Waals surface area contributed by atoms with Crippen LogP contribution in [0.3, 0.4) is 0 Å². The van der Waals surface area contributed by atoms with E-state index in [1.54, 1.807) is 42.5 Å². The number of halogens is 3. The number of nitrogens with zero attached hydrogens (tertiary/aromatic N) is 6. The summed E-state index contributed by atoms with van der Waals surface area (Å²) in [5.74, 6) is 0.617. The minimum absolute atomic E-state index is 0.0488. The molecule has 0 aliphatic carbocycles. The standard InChI is InChI=1S/C29H23F3N6O2/c1-18(39)36-9-11-37(12-10-36)28-34-16-21(17-35-28)19-5-7-25-24(13-19)27-20(15-33-25)6-8-26(40)38(27)23-4-2-3-22(14-23)29(30,31)32/h2-8,13-17H,9-12H2,1H3. The number of hydrogen-bond acceptors (Lipinski definition) is 6. The summed E-state index contributed by atoms with van der Waals surface area (Å²) in [6.45, 7) is 4.05. The first-order valence-electron chi connectivity index (χ1n) is 12.6. The fourth-order valence-corrected chi connectivity index (χ4v) is 5.02. The monoisotopic (exact) mass is 544 g/mol. The summed E-state index contributed by atoms with van der Waals surface area (Å²) in [6, 6.07) is 13.2. The van der Waals surface area contributed by atoms with Crippen LogP contribution in [0, 0.1) is 0 Å². The minimum atomic E-state index is -4.55. The Morgan fingerprint density at radius 1 is 0.850 bits per heavy atom. The van der Waals surface area contributed by atoms with Crippen LogP contribution in [0.5, 0.6) is 0 Å². The number of aromatic nitrogens is 4. The predicted molar refractivity (Wildman–Crippen MR) is 145 cm³/mol. The largest absolute Gasteiger partial charge is 0.416 e. The molecule has 0 radical (unpaired) electrons. The van der Waals surface area contributed by atoms with Gasteiger partial charge in [-0.3, -0.25) is 19.1 Å². The maximum absolute atomic E-state index is 13.5. The van der Waals surface area contributed by atoms with Crippen molar-refractivity contribution < 1.29 is 18.0 Å². The zero-order valence-electron chi connectivity index (χ0n) is 21.4. The zero-order valence-corrected chi connectivity index (χ0v) is 21.4. The first kappa shape index (κ1) is 25.5. The van der Waals surface area contributed by atoms with E-state index in [0.29, 0.717) is 53.9 Å². The summed E-state index contributed by atoms with van der Waals surface area (Å²) >= 11 is 0. The number of alkyl halides is 3.